The minimum absolute atomic E-state index is 0.0473. The van der Waals surface area contributed by atoms with Crippen molar-refractivity contribution < 1.29 is 13.9 Å². The van der Waals surface area contributed by atoms with Gasteiger partial charge in [0.2, 0.25) is 0 Å². The molecule has 0 unspecified atom stereocenters. The van der Waals surface area contributed by atoms with Gasteiger partial charge in [-0.15, -0.1) is 0 Å². The Bertz CT molecular complexity index is 955. The molecule has 1 aliphatic heterocycles. The summed E-state index contributed by atoms with van der Waals surface area (Å²) < 4.78 is 18.8. The molecule has 0 aliphatic carbocycles. The van der Waals surface area contributed by atoms with Crippen LogP contribution in [0.1, 0.15) is 22.1 Å². The van der Waals surface area contributed by atoms with E-state index in [0.29, 0.717) is 25.5 Å². The van der Waals surface area contributed by atoms with Gasteiger partial charge < -0.3 is 10.1 Å². The number of benzene rings is 2. The van der Waals surface area contributed by atoms with Gasteiger partial charge >= 0.3 is 0 Å². The number of hydrogen-bond acceptors (Lipinski definition) is 4. The number of aromatic nitrogens is 1. The largest absolute Gasteiger partial charge is 0.379 e. The summed E-state index contributed by atoms with van der Waals surface area (Å²) in [5.41, 5.74) is 2.15. The highest BCUT2D eigenvalue weighted by molar-refractivity contribution is 5.94. The van der Waals surface area contributed by atoms with Gasteiger partial charge in [-0.05, 0) is 29.8 Å². The minimum atomic E-state index is -0.270. The number of fused-ring (bicyclic) bond motifs is 1. The van der Waals surface area contributed by atoms with Gasteiger partial charge in [0, 0.05) is 25.0 Å². The molecule has 1 N–H and O–H groups in total. The smallest absolute Gasteiger partial charge is 0.269 e. The Morgan fingerprint density at radius 2 is 1.82 bits per heavy atom. The van der Waals surface area contributed by atoms with Crippen LogP contribution in [0.3, 0.4) is 0 Å². The molecule has 5 nitrogen and oxygen atoms in total. The summed E-state index contributed by atoms with van der Waals surface area (Å²) in [6, 6.07) is 17.7. The fourth-order valence-corrected chi connectivity index (χ4v) is 3.50. The van der Waals surface area contributed by atoms with E-state index in [4.69, 9.17) is 4.74 Å². The second-order valence-electron chi connectivity index (χ2n) is 6.81. The number of ether oxygens (including phenoxy) is 1. The van der Waals surface area contributed by atoms with Crippen molar-refractivity contribution in [3.05, 3.63) is 77.7 Å². The van der Waals surface area contributed by atoms with Crippen molar-refractivity contribution >= 4 is 16.8 Å². The lowest BCUT2D eigenvalue weighted by Gasteiger charge is -2.34. The predicted octanol–water partition coefficient (Wildman–Crippen LogP) is 3.18. The average molecular weight is 379 g/mol. The lowest BCUT2D eigenvalue weighted by Crippen LogP contribution is -2.43. The molecule has 6 heteroatoms. The van der Waals surface area contributed by atoms with Crippen LogP contribution in [0.5, 0.6) is 0 Å². The van der Waals surface area contributed by atoms with Crippen LogP contribution in [0.25, 0.3) is 10.9 Å². The van der Waals surface area contributed by atoms with Crippen LogP contribution < -0.4 is 5.32 Å². The molecular weight excluding hydrogens is 357 g/mol. The van der Waals surface area contributed by atoms with Crippen LogP contribution in [-0.4, -0.2) is 48.6 Å². The third-order valence-electron chi connectivity index (χ3n) is 5.03. The first-order valence-electron chi connectivity index (χ1n) is 9.42. The highest BCUT2D eigenvalue weighted by atomic mass is 19.1. The standard InChI is InChI=1S/C22H22FN3O2/c23-18-8-5-17(6-9-18)21(26-11-13-28-14-12-26)15-24-22(27)20-10-7-16-3-1-2-4-19(16)25-20/h1-10,21H,11-15H2,(H,24,27)/t21-/m0/s1. The maximum absolute atomic E-state index is 13.3. The topological polar surface area (TPSA) is 54.5 Å². The second kappa shape index (κ2) is 8.46. The molecular formula is C22H22FN3O2. The molecule has 0 saturated carbocycles. The van der Waals surface area contributed by atoms with Crippen molar-refractivity contribution in [3.63, 3.8) is 0 Å². The molecule has 1 aliphatic rings. The third kappa shape index (κ3) is 4.18. The maximum atomic E-state index is 13.3. The number of halogens is 1. The molecule has 0 bridgehead atoms. The summed E-state index contributed by atoms with van der Waals surface area (Å²) >= 11 is 0. The van der Waals surface area contributed by atoms with E-state index in [2.05, 4.69) is 15.2 Å². The van der Waals surface area contributed by atoms with Gasteiger partial charge in [-0.1, -0.05) is 36.4 Å². The number of para-hydroxylation sites is 1. The van der Waals surface area contributed by atoms with Crippen molar-refractivity contribution in [2.24, 2.45) is 0 Å². The molecule has 1 aromatic heterocycles. The number of carbonyl (C=O) groups excluding carboxylic acids is 1. The van der Waals surface area contributed by atoms with Crippen molar-refractivity contribution in [1.82, 2.24) is 15.2 Å². The monoisotopic (exact) mass is 379 g/mol. The number of rotatable bonds is 5. The van der Waals surface area contributed by atoms with Crippen LogP contribution in [0.15, 0.2) is 60.7 Å². The first-order valence-corrected chi connectivity index (χ1v) is 9.42. The number of morpholine rings is 1. The predicted molar refractivity (Wildman–Crippen MR) is 106 cm³/mol. The summed E-state index contributed by atoms with van der Waals surface area (Å²) in [5.74, 6) is -0.486. The molecule has 2 aromatic carbocycles. The summed E-state index contributed by atoms with van der Waals surface area (Å²) in [5, 5.41) is 3.99. The van der Waals surface area contributed by atoms with Gasteiger partial charge in [-0.25, -0.2) is 9.37 Å². The van der Waals surface area contributed by atoms with Gasteiger partial charge in [0.1, 0.15) is 11.5 Å². The van der Waals surface area contributed by atoms with E-state index in [-0.39, 0.29) is 17.8 Å². The van der Waals surface area contributed by atoms with Gasteiger partial charge in [0.05, 0.1) is 24.8 Å². The van der Waals surface area contributed by atoms with Crippen molar-refractivity contribution in [2.75, 3.05) is 32.8 Å². The van der Waals surface area contributed by atoms with Gasteiger partial charge in [-0.3, -0.25) is 9.69 Å². The Kier molecular flexibility index (Phi) is 5.60. The number of carbonyl (C=O) groups is 1. The fourth-order valence-electron chi connectivity index (χ4n) is 3.50. The first kappa shape index (κ1) is 18.5. The number of pyridine rings is 1. The van der Waals surface area contributed by atoms with Crippen LogP contribution in [0.4, 0.5) is 4.39 Å². The van der Waals surface area contributed by atoms with Crippen LogP contribution in [0, 0.1) is 5.82 Å². The third-order valence-corrected chi connectivity index (χ3v) is 5.03. The molecule has 3 aromatic rings. The van der Waals surface area contributed by atoms with Crippen LogP contribution in [0.2, 0.25) is 0 Å². The fraction of sp³-hybridized carbons (Fsp3) is 0.273. The van der Waals surface area contributed by atoms with Crippen LogP contribution in [-0.2, 0) is 4.74 Å². The molecule has 0 radical (unpaired) electrons. The number of nitrogens with zero attached hydrogens (tertiary/aromatic N) is 2. The highest BCUT2D eigenvalue weighted by Gasteiger charge is 2.23. The minimum Gasteiger partial charge on any atom is -0.379 e. The van der Waals surface area contributed by atoms with E-state index >= 15 is 0 Å². The number of amides is 1. The Balaban J connectivity index is 1.50. The summed E-state index contributed by atoms with van der Waals surface area (Å²) in [6.07, 6.45) is 0. The van der Waals surface area contributed by atoms with E-state index in [9.17, 15) is 9.18 Å². The van der Waals surface area contributed by atoms with Crippen molar-refractivity contribution in [1.29, 1.82) is 0 Å². The van der Waals surface area contributed by atoms with Gasteiger partial charge in [0.25, 0.3) is 5.91 Å². The van der Waals surface area contributed by atoms with Gasteiger partial charge in [0.15, 0.2) is 0 Å². The van der Waals surface area contributed by atoms with Gasteiger partial charge in [-0.2, -0.15) is 0 Å². The SMILES string of the molecule is O=C(NC[C@@H](c1ccc(F)cc1)N1CCOCC1)c1ccc2ccccc2n1. The highest BCUT2D eigenvalue weighted by Crippen LogP contribution is 2.22. The Labute approximate surface area is 163 Å². The molecule has 1 saturated heterocycles. The van der Waals surface area contributed by atoms with Crippen LogP contribution >= 0.6 is 0 Å². The maximum Gasteiger partial charge on any atom is 0.269 e. The van der Waals surface area contributed by atoms with E-state index in [1.54, 1.807) is 18.2 Å². The van der Waals surface area contributed by atoms with E-state index in [0.717, 1.165) is 29.6 Å². The first-order chi connectivity index (χ1) is 13.7. The summed E-state index contributed by atoms with van der Waals surface area (Å²) in [7, 11) is 0. The van der Waals surface area contributed by atoms with E-state index in [1.807, 2.05) is 30.3 Å². The molecule has 1 fully saturated rings. The zero-order valence-corrected chi connectivity index (χ0v) is 15.5. The van der Waals surface area contributed by atoms with Crippen molar-refractivity contribution in [2.45, 2.75) is 6.04 Å². The Hall–Kier alpha value is -2.83. The van der Waals surface area contributed by atoms with E-state index < -0.39 is 0 Å². The lowest BCUT2D eigenvalue weighted by molar-refractivity contribution is 0.0162. The second-order valence-corrected chi connectivity index (χ2v) is 6.81. The average Bonchev–Trinajstić information content (AvgIpc) is 2.75. The molecule has 1 atom stereocenters. The molecule has 0 spiro atoms. The lowest BCUT2D eigenvalue weighted by atomic mass is 10.0. The molecule has 144 valence electrons. The zero-order chi connectivity index (χ0) is 19.3. The van der Waals surface area contributed by atoms with Crippen molar-refractivity contribution in [3.8, 4) is 0 Å². The number of nitrogens with one attached hydrogen (secondary N) is 1. The molecule has 4 rings (SSSR count). The molecule has 28 heavy (non-hydrogen) atoms. The number of hydrogen-bond donors (Lipinski definition) is 1. The normalized spacial score (nSPS) is 16.0. The zero-order valence-electron chi connectivity index (χ0n) is 15.5. The Morgan fingerprint density at radius 3 is 2.61 bits per heavy atom. The molecule has 1 amide bonds. The Morgan fingerprint density at radius 1 is 1.07 bits per heavy atom. The summed E-state index contributed by atoms with van der Waals surface area (Å²) in [4.78, 5) is 19.4. The molecule has 2 heterocycles. The van der Waals surface area contributed by atoms with E-state index in [1.165, 1.54) is 12.1 Å². The quantitative estimate of drug-likeness (QED) is 0.740. The summed E-state index contributed by atoms with van der Waals surface area (Å²) in [6.45, 7) is 3.26.